The Labute approximate surface area is 76.5 Å². The molecule has 0 heterocycles. The summed E-state index contributed by atoms with van der Waals surface area (Å²) >= 11 is 0. The summed E-state index contributed by atoms with van der Waals surface area (Å²) < 4.78 is 0. The van der Waals surface area contributed by atoms with Gasteiger partial charge in [0.05, 0.1) is 0 Å². The van der Waals surface area contributed by atoms with Gasteiger partial charge < -0.3 is 5.11 Å². The van der Waals surface area contributed by atoms with Gasteiger partial charge in [-0.2, -0.15) is 0 Å². The first-order valence-corrected chi connectivity index (χ1v) is 5.07. The standard InChI is InChI=1S/C11H22O/c1-3-4-5-6-7-8-9-11(2)10-12/h5-6,11-12H,3-4,7-10H2,1-2H3/b6-5+. The maximum absolute atomic E-state index is 8.76. The van der Waals surface area contributed by atoms with Crippen LogP contribution >= 0.6 is 0 Å². The number of hydrogen-bond donors (Lipinski definition) is 1. The fourth-order valence-corrected chi connectivity index (χ4v) is 1.08. The van der Waals surface area contributed by atoms with Gasteiger partial charge >= 0.3 is 0 Å². The van der Waals surface area contributed by atoms with Gasteiger partial charge in [0.1, 0.15) is 0 Å². The first kappa shape index (κ1) is 11.7. The minimum atomic E-state index is 0.332. The van der Waals surface area contributed by atoms with Gasteiger partial charge in [-0.05, 0) is 31.6 Å². The second kappa shape index (κ2) is 8.79. The number of rotatable bonds is 7. The van der Waals surface area contributed by atoms with Crippen molar-refractivity contribution in [3.05, 3.63) is 12.2 Å². The van der Waals surface area contributed by atoms with Crippen molar-refractivity contribution in [2.75, 3.05) is 6.61 Å². The smallest absolute Gasteiger partial charge is 0.0456 e. The van der Waals surface area contributed by atoms with E-state index in [9.17, 15) is 0 Å². The van der Waals surface area contributed by atoms with Crippen molar-refractivity contribution in [2.24, 2.45) is 5.92 Å². The maximum atomic E-state index is 8.76. The Hall–Kier alpha value is -0.300. The molecule has 1 atom stereocenters. The van der Waals surface area contributed by atoms with Gasteiger partial charge in [-0.15, -0.1) is 0 Å². The van der Waals surface area contributed by atoms with Crippen LogP contribution in [0.3, 0.4) is 0 Å². The predicted molar refractivity (Wildman–Crippen MR) is 54.1 cm³/mol. The van der Waals surface area contributed by atoms with E-state index in [1.54, 1.807) is 0 Å². The Morgan fingerprint density at radius 1 is 1.25 bits per heavy atom. The maximum Gasteiger partial charge on any atom is 0.0456 e. The summed E-state index contributed by atoms with van der Waals surface area (Å²) in [5.74, 6) is 0.476. The molecule has 0 saturated carbocycles. The molecule has 0 aliphatic rings. The quantitative estimate of drug-likeness (QED) is 0.459. The van der Waals surface area contributed by atoms with Crippen molar-refractivity contribution in [3.63, 3.8) is 0 Å². The SMILES string of the molecule is CCC/C=C/CCCC(C)CO. The number of aliphatic hydroxyl groups is 1. The molecule has 0 aromatic heterocycles. The third-order valence-corrected chi connectivity index (χ3v) is 2.00. The Morgan fingerprint density at radius 2 is 1.92 bits per heavy atom. The van der Waals surface area contributed by atoms with Gasteiger partial charge in [-0.3, -0.25) is 0 Å². The van der Waals surface area contributed by atoms with E-state index in [4.69, 9.17) is 5.11 Å². The van der Waals surface area contributed by atoms with Crippen molar-refractivity contribution in [3.8, 4) is 0 Å². The molecule has 1 nitrogen and oxygen atoms in total. The van der Waals surface area contributed by atoms with Crippen molar-refractivity contribution < 1.29 is 5.11 Å². The van der Waals surface area contributed by atoms with E-state index in [1.165, 1.54) is 25.7 Å². The van der Waals surface area contributed by atoms with E-state index in [0.29, 0.717) is 12.5 Å². The van der Waals surface area contributed by atoms with Crippen LogP contribution in [0.15, 0.2) is 12.2 Å². The molecule has 0 aromatic rings. The van der Waals surface area contributed by atoms with Crippen molar-refractivity contribution in [2.45, 2.75) is 46.0 Å². The molecule has 1 unspecified atom stereocenters. The van der Waals surface area contributed by atoms with Crippen LogP contribution in [-0.2, 0) is 0 Å². The molecular formula is C11H22O. The third kappa shape index (κ3) is 7.80. The van der Waals surface area contributed by atoms with Crippen LogP contribution in [0.25, 0.3) is 0 Å². The summed E-state index contributed by atoms with van der Waals surface area (Å²) in [5, 5.41) is 8.76. The highest BCUT2D eigenvalue weighted by atomic mass is 16.3. The monoisotopic (exact) mass is 170 g/mol. The van der Waals surface area contributed by atoms with Crippen molar-refractivity contribution in [1.29, 1.82) is 0 Å². The van der Waals surface area contributed by atoms with E-state index in [0.717, 1.165) is 6.42 Å². The van der Waals surface area contributed by atoms with Crippen molar-refractivity contribution >= 4 is 0 Å². The Balaban J connectivity index is 3.09. The molecule has 0 bridgehead atoms. The number of allylic oxidation sites excluding steroid dienone is 2. The lowest BCUT2D eigenvalue weighted by Gasteiger charge is -2.04. The third-order valence-electron chi connectivity index (χ3n) is 2.00. The number of unbranched alkanes of at least 4 members (excludes halogenated alkanes) is 2. The topological polar surface area (TPSA) is 20.2 Å². The lowest BCUT2D eigenvalue weighted by atomic mass is 10.1. The highest BCUT2D eigenvalue weighted by molar-refractivity contribution is 4.80. The number of hydrogen-bond acceptors (Lipinski definition) is 1. The Kier molecular flexibility index (Phi) is 8.57. The predicted octanol–water partition coefficient (Wildman–Crippen LogP) is 3.14. The van der Waals surface area contributed by atoms with Gasteiger partial charge in [-0.1, -0.05) is 32.4 Å². The summed E-state index contributed by atoms with van der Waals surface area (Å²) in [6.45, 7) is 4.62. The molecule has 0 aliphatic carbocycles. The second-order valence-electron chi connectivity index (χ2n) is 3.48. The largest absolute Gasteiger partial charge is 0.396 e. The first-order valence-electron chi connectivity index (χ1n) is 5.07. The fourth-order valence-electron chi connectivity index (χ4n) is 1.08. The van der Waals surface area contributed by atoms with Crippen LogP contribution in [0, 0.1) is 5.92 Å². The van der Waals surface area contributed by atoms with E-state index in [2.05, 4.69) is 26.0 Å². The summed E-state index contributed by atoms with van der Waals surface area (Å²) in [6.07, 6.45) is 10.5. The van der Waals surface area contributed by atoms with Gasteiger partial charge in [0, 0.05) is 6.61 Å². The van der Waals surface area contributed by atoms with E-state index < -0.39 is 0 Å². The lowest BCUT2D eigenvalue weighted by molar-refractivity contribution is 0.228. The van der Waals surface area contributed by atoms with E-state index in [1.807, 2.05) is 0 Å². The highest BCUT2D eigenvalue weighted by Gasteiger charge is 1.96. The van der Waals surface area contributed by atoms with Gasteiger partial charge in [0.2, 0.25) is 0 Å². The molecule has 0 radical (unpaired) electrons. The molecule has 1 N–H and O–H groups in total. The number of aliphatic hydroxyl groups excluding tert-OH is 1. The van der Waals surface area contributed by atoms with Crippen LogP contribution in [-0.4, -0.2) is 11.7 Å². The zero-order valence-electron chi connectivity index (χ0n) is 8.42. The summed E-state index contributed by atoms with van der Waals surface area (Å²) in [4.78, 5) is 0. The van der Waals surface area contributed by atoms with E-state index >= 15 is 0 Å². The molecule has 0 saturated heterocycles. The molecule has 0 fully saturated rings. The summed E-state index contributed by atoms with van der Waals surface area (Å²) in [7, 11) is 0. The minimum absolute atomic E-state index is 0.332. The highest BCUT2D eigenvalue weighted by Crippen LogP contribution is 2.07. The molecule has 12 heavy (non-hydrogen) atoms. The molecule has 0 spiro atoms. The molecule has 0 amide bonds. The van der Waals surface area contributed by atoms with Gasteiger partial charge in [0.15, 0.2) is 0 Å². The average molecular weight is 170 g/mol. The molecule has 72 valence electrons. The molecule has 1 heteroatoms. The Bertz CT molecular complexity index is 108. The van der Waals surface area contributed by atoms with Crippen LogP contribution in [0.2, 0.25) is 0 Å². The van der Waals surface area contributed by atoms with Crippen LogP contribution in [0.5, 0.6) is 0 Å². The van der Waals surface area contributed by atoms with Crippen molar-refractivity contribution in [1.82, 2.24) is 0 Å². The zero-order valence-corrected chi connectivity index (χ0v) is 8.42. The van der Waals surface area contributed by atoms with Gasteiger partial charge in [0.25, 0.3) is 0 Å². The fraction of sp³-hybridized carbons (Fsp3) is 0.818. The Morgan fingerprint density at radius 3 is 2.50 bits per heavy atom. The van der Waals surface area contributed by atoms with Crippen LogP contribution in [0.1, 0.15) is 46.0 Å². The molecule has 0 aromatic carbocycles. The van der Waals surface area contributed by atoms with Crippen LogP contribution in [0.4, 0.5) is 0 Å². The van der Waals surface area contributed by atoms with Gasteiger partial charge in [-0.25, -0.2) is 0 Å². The molecule has 0 aliphatic heterocycles. The van der Waals surface area contributed by atoms with Crippen LogP contribution < -0.4 is 0 Å². The summed E-state index contributed by atoms with van der Waals surface area (Å²) in [5.41, 5.74) is 0. The average Bonchev–Trinajstić information content (AvgIpc) is 2.10. The first-order chi connectivity index (χ1) is 5.81. The summed E-state index contributed by atoms with van der Waals surface area (Å²) in [6, 6.07) is 0. The normalized spacial score (nSPS) is 13.9. The molecule has 0 rings (SSSR count). The molecular weight excluding hydrogens is 148 g/mol. The van der Waals surface area contributed by atoms with E-state index in [-0.39, 0.29) is 0 Å². The lowest BCUT2D eigenvalue weighted by Crippen LogP contribution is -1.99. The minimum Gasteiger partial charge on any atom is -0.396 e. The zero-order chi connectivity index (χ0) is 9.23. The second-order valence-corrected chi connectivity index (χ2v) is 3.48.